The predicted molar refractivity (Wildman–Crippen MR) is 178 cm³/mol. The lowest BCUT2D eigenvalue weighted by Crippen LogP contribution is -1.93. The van der Waals surface area contributed by atoms with Gasteiger partial charge in [0.25, 0.3) is 0 Å². The second-order valence-electron chi connectivity index (χ2n) is 10.8. The van der Waals surface area contributed by atoms with Crippen molar-refractivity contribution < 1.29 is 0 Å². The zero-order chi connectivity index (χ0) is 28.5. The number of nitrogens with zero attached hydrogens (tertiary/aromatic N) is 4. The number of pyridine rings is 1. The van der Waals surface area contributed by atoms with Gasteiger partial charge in [-0.3, -0.25) is 4.40 Å². The molecule has 4 aromatic heterocycles. The van der Waals surface area contributed by atoms with Gasteiger partial charge in [0.2, 0.25) is 0 Å². The molecule has 4 nitrogen and oxygen atoms in total. The van der Waals surface area contributed by atoms with E-state index in [1.165, 1.54) is 20.3 Å². The summed E-state index contributed by atoms with van der Waals surface area (Å²) in [6.07, 6.45) is 2.20. The molecule has 0 spiro atoms. The van der Waals surface area contributed by atoms with Crippen LogP contribution in [-0.4, -0.2) is 14.0 Å². The molecule has 9 aromatic rings. The Bertz CT molecular complexity index is 2560. The Kier molecular flexibility index (Phi) is 5.10. The van der Waals surface area contributed by atoms with Gasteiger partial charge in [0.05, 0.1) is 22.7 Å². The number of fused-ring (bicyclic) bond motifs is 8. The Hall–Kier alpha value is -5.70. The number of aromatic nitrogens is 3. The first-order valence-electron chi connectivity index (χ1n) is 14.2. The first-order valence-corrected chi connectivity index (χ1v) is 15.0. The van der Waals surface area contributed by atoms with Gasteiger partial charge < -0.3 is 4.57 Å². The Morgan fingerprint density at radius 3 is 2.09 bits per heavy atom. The highest BCUT2D eigenvalue weighted by Gasteiger charge is 2.15. The fourth-order valence-electron chi connectivity index (χ4n) is 6.30. The van der Waals surface area contributed by atoms with E-state index in [4.69, 9.17) is 4.98 Å². The van der Waals surface area contributed by atoms with E-state index in [1.54, 1.807) is 11.3 Å². The summed E-state index contributed by atoms with van der Waals surface area (Å²) in [5.74, 6) is 0. The van der Waals surface area contributed by atoms with Gasteiger partial charge >= 0.3 is 0 Å². The highest BCUT2D eigenvalue weighted by atomic mass is 32.1. The van der Waals surface area contributed by atoms with Crippen molar-refractivity contribution in [2.75, 3.05) is 0 Å². The van der Waals surface area contributed by atoms with Gasteiger partial charge in [-0.1, -0.05) is 78.9 Å². The summed E-state index contributed by atoms with van der Waals surface area (Å²) in [4.78, 5) is 6.11. The first kappa shape index (κ1) is 24.0. The lowest BCUT2D eigenvalue weighted by Gasteiger charge is -2.10. The third-order valence-corrected chi connectivity index (χ3v) is 9.55. The van der Waals surface area contributed by atoms with Gasteiger partial charge in [-0.25, -0.2) is 4.98 Å². The minimum Gasteiger partial charge on any atom is -0.309 e. The third-order valence-electron chi connectivity index (χ3n) is 8.39. The molecule has 0 aliphatic carbocycles. The molecule has 0 atom stereocenters. The van der Waals surface area contributed by atoms with Crippen molar-refractivity contribution in [2.24, 2.45) is 0 Å². The van der Waals surface area contributed by atoms with Crippen molar-refractivity contribution in [1.82, 2.24) is 14.0 Å². The highest BCUT2D eigenvalue weighted by Crippen LogP contribution is 2.37. The normalized spacial score (nSPS) is 11.7. The molecule has 4 heterocycles. The molecule has 5 aromatic carbocycles. The lowest BCUT2D eigenvalue weighted by atomic mass is 10.00. The second kappa shape index (κ2) is 9.15. The molecule has 9 rings (SSSR count). The van der Waals surface area contributed by atoms with Gasteiger partial charge in [-0.05, 0) is 70.8 Å². The Morgan fingerprint density at radius 2 is 1.28 bits per heavy atom. The van der Waals surface area contributed by atoms with E-state index < -0.39 is 0 Å². The molecule has 0 N–H and O–H groups in total. The maximum Gasteiger partial charge on any atom is 0.138 e. The molecule has 0 radical (unpaired) electrons. The van der Waals surface area contributed by atoms with Crippen molar-refractivity contribution in [3.63, 3.8) is 0 Å². The summed E-state index contributed by atoms with van der Waals surface area (Å²) in [6, 6.07) is 46.8. The van der Waals surface area contributed by atoms with Crippen LogP contribution in [0.15, 0.2) is 134 Å². The smallest absolute Gasteiger partial charge is 0.138 e. The maximum atomic E-state index is 9.59. The highest BCUT2D eigenvalue weighted by molar-refractivity contribution is 7.25. The zero-order valence-corrected chi connectivity index (χ0v) is 23.7. The molecule has 0 amide bonds. The summed E-state index contributed by atoms with van der Waals surface area (Å²) < 4.78 is 5.74. The molecule has 0 aliphatic heterocycles. The summed E-state index contributed by atoms with van der Waals surface area (Å²) in [7, 11) is 0. The fourth-order valence-corrected chi connectivity index (χ4v) is 7.43. The largest absolute Gasteiger partial charge is 0.309 e. The lowest BCUT2D eigenvalue weighted by molar-refractivity contribution is 1.18. The van der Waals surface area contributed by atoms with Crippen molar-refractivity contribution in [1.29, 1.82) is 5.26 Å². The van der Waals surface area contributed by atoms with Crippen LogP contribution in [0, 0.1) is 11.3 Å². The molecule has 5 heteroatoms. The number of rotatable bonds is 3. The average Bonchev–Trinajstić information content (AvgIpc) is 3.72. The van der Waals surface area contributed by atoms with Crippen LogP contribution in [0.5, 0.6) is 0 Å². The minimum atomic E-state index is 0.658. The van der Waals surface area contributed by atoms with Gasteiger partial charge in [0, 0.05) is 32.7 Å². The van der Waals surface area contributed by atoms with E-state index in [2.05, 4.69) is 130 Å². The monoisotopic (exact) mass is 566 g/mol. The number of benzene rings is 5. The molecule has 0 aliphatic rings. The topological polar surface area (TPSA) is 46.0 Å². The molecular weight excluding hydrogens is 545 g/mol. The molecule has 0 unspecified atom stereocenters. The van der Waals surface area contributed by atoms with Gasteiger partial charge in [0.1, 0.15) is 16.0 Å². The van der Waals surface area contributed by atoms with Gasteiger partial charge in [-0.15, -0.1) is 11.3 Å². The zero-order valence-electron chi connectivity index (χ0n) is 22.9. The molecule has 200 valence electrons. The van der Waals surface area contributed by atoms with Crippen LogP contribution in [0.4, 0.5) is 0 Å². The van der Waals surface area contributed by atoms with E-state index in [9.17, 15) is 5.26 Å². The van der Waals surface area contributed by atoms with Crippen molar-refractivity contribution >= 4 is 59.2 Å². The first-order chi connectivity index (χ1) is 21.2. The number of para-hydroxylation sites is 1. The standard InChI is InChI=1S/C38H22N4S/c39-22-24-10-17-30-31-18-15-27(21-34(31)42(33(30)20-24)29-6-2-1-3-7-29)25-11-13-26(14-12-25)28-16-19-36-40-37-32-8-4-5-9-35(32)43-38(37)41(36)23-28/h1-21,23H. The number of nitriles is 1. The van der Waals surface area contributed by atoms with Crippen molar-refractivity contribution in [3.8, 4) is 34.0 Å². The fraction of sp³-hybridized carbons (Fsp3) is 0. The van der Waals surface area contributed by atoms with E-state index >= 15 is 0 Å². The average molecular weight is 567 g/mol. The predicted octanol–water partition coefficient (Wildman–Crippen LogP) is 10.0. The quantitative estimate of drug-likeness (QED) is 0.214. The summed E-state index contributed by atoms with van der Waals surface area (Å²) in [5.41, 5.74) is 10.6. The van der Waals surface area contributed by atoms with Crippen LogP contribution in [0.1, 0.15) is 5.56 Å². The van der Waals surface area contributed by atoms with Crippen LogP contribution in [0.25, 0.3) is 75.8 Å². The molecule has 0 bridgehead atoms. The molecule has 0 saturated heterocycles. The molecule has 43 heavy (non-hydrogen) atoms. The Balaban J connectivity index is 1.15. The molecule has 0 saturated carbocycles. The van der Waals surface area contributed by atoms with Crippen LogP contribution < -0.4 is 0 Å². The van der Waals surface area contributed by atoms with Gasteiger partial charge in [-0.2, -0.15) is 5.26 Å². The Labute approximate surface area is 250 Å². The second-order valence-corrected chi connectivity index (χ2v) is 11.9. The number of hydrogen-bond acceptors (Lipinski definition) is 3. The minimum absolute atomic E-state index is 0.658. The van der Waals surface area contributed by atoms with Crippen molar-refractivity contribution in [2.45, 2.75) is 0 Å². The van der Waals surface area contributed by atoms with E-state index in [1.807, 2.05) is 18.2 Å². The number of hydrogen-bond donors (Lipinski definition) is 0. The summed E-state index contributed by atoms with van der Waals surface area (Å²) in [6.45, 7) is 0. The summed E-state index contributed by atoms with van der Waals surface area (Å²) >= 11 is 1.79. The van der Waals surface area contributed by atoms with Crippen LogP contribution in [0.2, 0.25) is 0 Å². The molecular formula is C38H22N4S. The van der Waals surface area contributed by atoms with Crippen molar-refractivity contribution in [3.05, 3.63) is 139 Å². The van der Waals surface area contributed by atoms with Crippen LogP contribution in [-0.2, 0) is 0 Å². The number of thiophene rings is 1. The maximum absolute atomic E-state index is 9.59. The van der Waals surface area contributed by atoms with E-state index in [-0.39, 0.29) is 0 Å². The van der Waals surface area contributed by atoms with Gasteiger partial charge in [0.15, 0.2) is 0 Å². The Morgan fingerprint density at radius 1 is 0.605 bits per heavy atom. The number of imidazole rings is 1. The summed E-state index contributed by atoms with van der Waals surface area (Å²) in [5, 5.41) is 13.1. The molecule has 0 fully saturated rings. The third kappa shape index (κ3) is 3.64. The van der Waals surface area contributed by atoms with E-state index in [0.717, 1.165) is 55.5 Å². The SMILES string of the molecule is N#Cc1ccc2c3ccc(-c4ccc(-c5ccc6nc7c8ccccc8sc7n6c5)cc4)cc3n(-c3ccccc3)c2c1. The van der Waals surface area contributed by atoms with Crippen LogP contribution in [0.3, 0.4) is 0 Å². The van der Waals surface area contributed by atoms with E-state index in [0.29, 0.717) is 5.56 Å². The van der Waals surface area contributed by atoms with Crippen LogP contribution >= 0.6 is 11.3 Å².